The molecule has 0 radical (unpaired) electrons. The van der Waals surface area contributed by atoms with Gasteiger partial charge in [-0.2, -0.15) is 0 Å². The number of aliphatic hydroxyl groups is 1. The molecule has 1 heterocycles. The molecule has 0 aliphatic carbocycles. The van der Waals surface area contributed by atoms with E-state index >= 15 is 0 Å². The summed E-state index contributed by atoms with van der Waals surface area (Å²) in [6.07, 6.45) is -0.457. The lowest BCUT2D eigenvalue weighted by atomic mass is 10.2. The van der Waals surface area contributed by atoms with Gasteiger partial charge in [-0.25, -0.2) is 4.79 Å². The van der Waals surface area contributed by atoms with Crippen LogP contribution in [0.3, 0.4) is 0 Å². The van der Waals surface area contributed by atoms with Crippen LogP contribution >= 0.6 is 0 Å². The molecular weight excluding hydrogens is 282 g/mol. The number of nitrogens with zero attached hydrogens (tertiary/aromatic N) is 3. The summed E-state index contributed by atoms with van der Waals surface area (Å²) in [7, 11) is 0. The van der Waals surface area contributed by atoms with E-state index in [0.717, 1.165) is 6.42 Å². The van der Waals surface area contributed by atoms with Crippen LogP contribution in [0.5, 0.6) is 0 Å². The lowest BCUT2D eigenvalue weighted by Gasteiger charge is -2.20. The van der Waals surface area contributed by atoms with E-state index in [1.807, 2.05) is 0 Å². The third-order valence-electron chi connectivity index (χ3n) is 2.69. The highest BCUT2D eigenvalue weighted by Crippen LogP contribution is 2.17. The largest absolute Gasteiger partial charge is 0.569 e. The fourth-order valence-corrected chi connectivity index (χ4v) is 1.82. The van der Waals surface area contributed by atoms with Crippen LogP contribution in [0.15, 0.2) is 5.28 Å². The SMILES string of the molecule is CC(O/N=[N+](/[O-])N1CCC[C@H]1CO)OC(=O)OC(C)(C)C. The quantitative estimate of drug-likeness (QED) is 0.270. The van der Waals surface area contributed by atoms with Crippen molar-refractivity contribution in [2.75, 3.05) is 13.2 Å². The van der Waals surface area contributed by atoms with Gasteiger partial charge in [0.15, 0.2) is 0 Å². The van der Waals surface area contributed by atoms with Crippen LogP contribution in [-0.2, 0) is 14.3 Å². The molecule has 1 unspecified atom stereocenters. The molecule has 9 nitrogen and oxygen atoms in total. The van der Waals surface area contributed by atoms with Crippen molar-refractivity contribution in [3.05, 3.63) is 5.21 Å². The van der Waals surface area contributed by atoms with E-state index in [-0.39, 0.29) is 17.6 Å². The molecule has 1 aliphatic rings. The molecule has 0 bridgehead atoms. The van der Waals surface area contributed by atoms with Crippen LogP contribution in [0.2, 0.25) is 0 Å². The molecule has 0 aromatic rings. The van der Waals surface area contributed by atoms with E-state index < -0.39 is 18.0 Å². The van der Waals surface area contributed by atoms with Crippen molar-refractivity contribution in [1.82, 2.24) is 5.01 Å². The second-order valence-corrected chi connectivity index (χ2v) is 5.73. The number of hydrogen-bond acceptors (Lipinski definition) is 7. The number of carbonyl (C=O) groups is 1. The molecule has 0 aromatic heterocycles. The Morgan fingerprint density at radius 2 is 2.24 bits per heavy atom. The fourth-order valence-electron chi connectivity index (χ4n) is 1.82. The molecule has 0 aromatic carbocycles. The molecule has 0 saturated carbocycles. The van der Waals surface area contributed by atoms with Crippen LogP contribution in [0.4, 0.5) is 4.79 Å². The first-order valence-corrected chi connectivity index (χ1v) is 6.84. The van der Waals surface area contributed by atoms with Crippen molar-refractivity contribution in [2.45, 2.75) is 58.5 Å². The van der Waals surface area contributed by atoms with Crippen molar-refractivity contribution in [3.8, 4) is 0 Å². The molecular formula is C12H23N3O6. The van der Waals surface area contributed by atoms with Gasteiger partial charge in [0.2, 0.25) is 5.28 Å². The molecule has 2 atom stereocenters. The molecule has 122 valence electrons. The second kappa shape index (κ2) is 7.30. The molecule has 1 rings (SSSR count). The van der Waals surface area contributed by atoms with Crippen LogP contribution in [0.25, 0.3) is 0 Å². The number of carbonyl (C=O) groups excluding carboxylic acids is 1. The molecule has 1 saturated heterocycles. The van der Waals surface area contributed by atoms with Gasteiger partial charge in [0.1, 0.15) is 11.6 Å². The highest BCUT2D eigenvalue weighted by molar-refractivity contribution is 5.60. The maximum atomic E-state index is 11.7. The minimum absolute atomic E-state index is 0.127. The standard InChI is InChI=1S/C12H23N3O6/c1-9(19-11(17)20-12(2,3)4)21-13-15(18)14-7-5-6-10(14)8-16/h9-10,16H,5-8H2,1-4H3/b15-13+/t9?,10-/m0/s1. The summed E-state index contributed by atoms with van der Waals surface area (Å²) in [6, 6.07) is -0.267. The van der Waals surface area contributed by atoms with Gasteiger partial charge in [-0.15, -0.1) is 5.01 Å². The van der Waals surface area contributed by atoms with Crippen molar-refractivity contribution < 1.29 is 29.2 Å². The second-order valence-electron chi connectivity index (χ2n) is 5.73. The highest BCUT2D eigenvalue weighted by atomic mass is 16.8. The summed E-state index contributed by atoms with van der Waals surface area (Å²) in [5.74, 6) is 0. The Bertz CT molecular complexity index is 382. The highest BCUT2D eigenvalue weighted by Gasteiger charge is 2.30. The van der Waals surface area contributed by atoms with Gasteiger partial charge < -0.3 is 19.8 Å². The van der Waals surface area contributed by atoms with Crippen molar-refractivity contribution >= 4 is 6.16 Å². The zero-order valence-electron chi connectivity index (χ0n) is 12.8. The predicted octanol–water partition coefficient (Wildman–Crippen LogP) is 1.55. The summed E-state index contributed by atoms with van der Waals surface area (Å²) in [5, 5.41) is 25.5. The van der Waals surface area contributed by atoms with Gasteiger partial charge in [-0.3, -0.25) is 4.84 Å². The van der Waals surface area contributed by atoms with Crippen LogP contribution in [0, 0.1) is 5.21 Å². The topological polar surface area (TPSA) is 107 Å². The first kappa shape index (κ1) is 17.3. The van der Waals surface area contributed by atoms with Crippen molar-refractivity contribution in [2.24, 2.45) is 5.28 Å². The average Bonchev–Trinajstić information content (AvgIpc) is 2.81. The Balaban J connectivity index is 2.42. The summed E-state index contributed by atoms with van der Waals surface area (Å²) in [5.41, 5.74) is -0.678. The minimum atomic E-state index is -1.06. The Morgan fingerprint density at radius 3 is 2.81 bits per heavy atom. The Hall–Kier alpha value is -1.77. The predicted molar refractivity (Wildman–Crippen MR) is 70.7 cm³/mol. The first-order valence-electron chi connectivity index (χ1n) is 6.84. The maximum Gasteiger partial charge on any atom is 0.511 e. The third kappa shape index (κ3) is 6.03. The molecule has 9 heteroatoms. The Morgan fingerprint density at radius 1 is 1.57 bits per heavy atom. The number of aliphatic hydroxyl groups excluding tert-OH is 1. The monoisotopic (exact) mass is 305 g/mol. The van der Waals surface area contributed by atoms with Crippen LogP contribution < -0.4 is 0 Å². The number of ether oxygens (including phenoxy) is 2. The Labute approximate surface area is 123 Å². The van der Waals surface area contributed by atoms with E-state index in [1.165, 1.54) is 11.9 Å². The van der Waals surface area contributed by atoms with E-state index in [2.05, 4.69) is 5.28 Å². The smallest absolute Gasteiger partial charge is 0.511 e. The average molecular weight is 305 g/mol. The molecule has 1 aliphatic heterocycles. The van der Waals surface area contributed by atoms with Crippen molar-refractivity contribution in [1.29, 1.82) is 0 Å². The zero-order valence-corrected chi connectivity index (χ0v) is 12.8. The van der Waals surface area contributed by atoms with Gasteiger partial charge in [-0.1, -0.05) is 0 Å². The molecule has 0 spiro atoms. The molecule has 21 heavy (non-hydrogen) atoms. The van der Waals surface area contributed by atoms with Crippen LogP contribution in [0.1, 0.15) is 40.5 Å². The van der Waals surface area contributed by atoms with Gasteiger partial charge >= 0.3 is 6.16 Å². The van der Waals surface area contributed by atoms with E-state index in [0.29, 0.717) is 13.0 Å². The first-order chi connectivity index (χ1) is 9.73. The number of rotatable bonds is 5. The summed E-state index contributed by atoms with van der Waals surface area (Å²) >= 11 is 0. The van der Waals surface area contributed by atoms with E-state index in [4.69, 9.17) is 19.4 Å². The van der Waals surface area contributed by atoms with Gasteiger partial charge in [-0.05, 0) is 33.6 Å². The lowest BCUT2D eigenvalue weighted by Crippen LogP contribution is -2.37. The normalized spacial score (nSPS) is 21.1. The summed E-state index contributed by atoms with van der Waals surface area (Å²) in [6.45, 7) is 6.87. The molecule has 1 N–H and O–H groups in total. The van der Waals surface area contributed by atoms with Gasteiger partial charge in [0.25, 0.3) is 6.29 Å². The van der Waals surface area contributed by atoms with Gasteiger partial charge in [0.05, 0.1) is 18.1 Å². The van der Waals surface area contributed by atoms with Gasteiger partial charge in [0, 0.05) is 6.92 Å². The maximum absolute atomic E-state index is 11.7. The van der Waals surface area contributed by atoms with E-state index in [1.54, 1.807) is 20.8 Å². The number of hydrazine groups is 1. The summed E-state index contributed by atoms with van der Waals surface area (Å²) in [4.78, 5) is 16.4. The van der Waals surface area contributed by atoms with E-state index in [9.17, 15) is 10.0 Å². The summed E-state index contributed by atoms with van der Waals surface area (Å²) < 4.78 is 9.71. The zero-order chi connectivity index (χ0) is 16.0. The fraction of sp³-hybridized carbons (Fsp3) is 0.917. The van der Waals surface area contributed by atoms with Crippen molar-refractivity contribution in [3.63, 3.8) is 0 Å². The molecule has 1 fully saturated rings. The third-order valence-corrected chi connectivity index (χ3v) is 2.69. The van der Waals surface area contributed by atoms with Crippen LogP contribution in [-0.4, -0.2) is 52.3 Å². The Kier molecular flexibility index (Phi) is 6.01. The minimum Gasteiger partial charge on any atom is -0.569 e. The number of hydrogen-bond donors (Lipinski definition) is 1. The molecule has 0 amide bonds. The lowest BCUT2D eigenvalue weighted by molar-refractivity contribution is -0.716.